The molecule has 1 heterocycles. The third-order valence-electron chi connectivity index (χ3n) is 6.60. The van der Waals surface area contributed by atoms with E-state index in [-0.39, 0.29) is 19.6 Å². The molecule has 11 nitrogen and oxygen atoms in total. The summed E-state index contributed by atoms with van der Waals surface area (Å²) in [4.78, 5) is 26.7. The molecule has 0 amide bonds. The molecular formula is C32H37N2O9P. The van der Waals surface area contributed by atoms with E-state index in [0.717, 1.165) is 40.6 Å². The van der Waals surface area contributed by atoms with Crippen LogP contribution in [0.5, 0.6) is 5.75 Å². The molecule has 0 N–H and O–H groups in total. The van der Waals surface area contributed by atoms with Crippen molar-refractivity contribution in [2.75, 3.05) is 41.3 Å². The summed E-state index contributed by atoms with van der Waals surface area (Å²) in [6.07, 6.45) is 2.66. The number of phosphoric acid groups is 1. The van der Waals surface area contributed by atoms with Gasteiger partial charge in [-0.1, -0.05) is 60.7 Å². The van der Waals surface area contributed by atoms with Gasteiger partial charge in [-0.15, -0.1) is 0 Å². The summed E-state index contributed by atoms with van der Waals surface area (Å²) in [5, 5.41) is 0.955. The van der Waals surface area contributed by atoms with E-state index in [1.54, 1.807) is 60.2 Å². The molecule has 0 saturated heterocycles. The quantitative estimate of drug-likeness (QED) is 0.0865. The van der Waals surface area contributed by atoms with Gasteiger partial charge in [-0.05, 0) is 55.4 Å². The zero-order valence-electron chi connectivity index (χ0n) is 25.0. The predicted molar refractivity (Wildman–Crippen MR) is 164 cm³/mol. The monoisotopic (exact) mass is 624 g/mol. The van der Waals surface area contributed by atoms with Gasteiger partial charge in [0.05, 0.1) is 25.5 Å². The topological polar surface area (TPSA) is 115 Å². The Balaban J connectivity index is 1.43. The van der Waals surface area contributed by atoms with Crippen molar-refractivity contribution in [3.8, 4) is 5.75 Å². The molecule has 234 valence electrons. The number of phosphoric ester groups is 1. The summed E-state index contributed by atoms with van der Waals surface area (Å²) in [5.41, 5.74) is 3.35. The van der Waals surface area contributed by atoms with Crippen molar-refractivity contribution in [3.63, 3.8) is 0 Å². The lowest BCUT2D eigenvalue weighted by Gasteiger charge is -2.18. The van der Waals surface area contributed by atoms with Crippen molar-refractivity contribution >= 4 is 30.7 Å². The number of aromatic nitrogens is 1. The highest BCUT2D eigenvalue weighted by Gasteiger charge is 2.29. The molecule has 12 heteroatoms. The zero-order valence-corrected chi connectivity index (χ0v) is 25.9. The van der Waals surface area contributed by atoms with Gasteiger partial charge in [-0.3, -0.25) is 14.1 Å². The van der Waals surface area contributed by atoms with Crippen molar-refractivity contribution in [2.45, 2.75) is 26.0 Å². The van der Waals surface area contributed by atoms with E-state index < -0.39 is 33.3 Å². The van der Waals surface area contributed by atoms with Crippen LogP contribution >= 0.6 is 7.82 Å². The maximum Gasteiger partial charge on any atom is 0.482 e. The van der Waals surface area contributed by atoms with E-state index in [4.69, 9.17) is 27.8 Å². The molecule has 0 saturated carbocycles. The van der Waals surface area contributed by atoms with Crippen molar-refractivity contribution in [1.29, 1.82) is 0 Å². The summed E-state index contributed by atoms with van der Waals surface area (Å²) < 4.78 is 47.4. The Bertz CT molecular complexity index is 1490. The highest BCUT2D eigenvalue weighted by molar-refractivity contribution is 7.48. The highest BCUT2D eigenvalue weighted by Crippen LogP contribution is 2.50. The average Bonchev–Trinajstić information content (AvgIpc) is 3.36. The third kappa shape index (κ3) is 10.0. The molecule has 0 aliphatic carbocycles. The number of ether oxygens (including phenoxy) is 3. The van der Waals surface area contributed by atoms with Gasteiger partial charge in [0.1, 0.15) is 12.5 Å². The lowest BCUT2D eigenvalue weighted by Crippen LogP contribution is -2.15. The Kier molecular flexibility index (Phi) is 12.1. The van der Waals surface area contributed by atoms with Crippen LogP contribution in [0.1, 0.15) is 16.7 Å². The Morgan fingerprint density at radius 1 is 0.795 bits per heavy atom. The van der Waals surface area contributed by atoms with Gasteiger partial charge in [0.15, 0.2) is 0 Å². The van der Waals surface area contributed by atoms with Crippen LogP contribution in [0.2, 0.25) is 0 Å². The van der Waals surface area contributed by atoms with Gasteiger partial charge in [0.25, 0.3) is 0 Å². The van der Waals surface area contributed by atoms with E-state index in [0.29, 0.717) is 5.75 Å². The lowest BCUT2D eigenvalue weighted by atomic mass is 10.1. The maximum atomic E-state index is 13.6. The fourth-order valence-corrected chi connectivity index (χ4v) is 5.17. The summed E-state index contributed by atoms with van der Waals surface area (Å²) in [7, 11) is 1.20. The minimum atomic E-state index is -4.39. The smallest absolute Gasteiger partial charge is 0.482 e. The number of benzene rings is 3. The summed E-state index contributed by atoms with van der Waals surface area (Å²) in [6, 6.07) is 23.7. The first-order chi connectivity index (χ1) is 21.2. The van der Waals surface area contributed by atoms with E-state index in [9.17, 15) is 14.2 Å². The van der Waals surface area contributed by atoms with Gasteiger partial charge in [0.2, 0.25) is 13.6 Å². The number of nitrogens with zero attached hydrogens (tertiary/aromatic N) is 2. The zero-order chi connectivity index (χ0) is 31.4. The number of rotatable bonds is 17. The Labute approximate surface area is 256 Å². The second kappa shape index (κ2) is 16.2. The molecule has 1 aromatic heterocycles. The molecular weight excluding hydrogens is 587 g/mol. The van der Waals surface area contributed by atoms with Crippen LogP contribution in [-0.2, 0) is 63.2 Å². The minimum Gasteiger partial charge on any atom is -0.497 e. The van der Waals surface area contributed by atoms with Gasteiger partial charge in [-0.25, -0.2) is 13.6 Å². The van der Waals surface area contributed by atoms with E-state index >= 15 is 0 Å². The molecule has 44 heavy (non-hydrogen) atoms. The van der Waals surface area contributed by atoms with Crippen LogP contribution in [-0.4, -0.2) is 62.7 Å². The Morgan fingerprint density at radius 3 is 1.89 bits per heavy atom. The summed E-state index contributed by atoms with van der Waals surface area (Å²) >= 11 is 0. The SMILES string of the molecule is COc1ccc2c(c1)c(CCN(C)C)cn2COP(=O)(OCOC(=O)Cc1ccccc1)OCOC(=O)Cc1ccccc1. The highest BCUT2D eigenvalue weighted by atomic mass is 31.2. The number of hydrogen-bond acceptors (Lipinski definition) is 10. The molecule has 4 aromatic rings. The molecule has 3 aromatic carbocycles. The van der Waals surface area contributed by atoms with Crippen molar-refractivity contribution in [2.24, 2.45) is 0 Å². The van der Waals surface area contributed by atoms with Crippen LogP contribution in [0.4, 0.5) is 0 Å². The number of esters is 2. The van der Waals surface area contributed by atoms with Gasteiger partial charge < -0.3 is 23.7 Å². The standard InChI is InChI=1S/C32H37N2O9P/c1-33(2)17-16-27-21-34(30-15-14-28(38-3)20-29(27)30)22-41-44(37,42-23-39-31(35)18-25-10-6-4-7-11-25)43-24-40-32(36)19-26-12-8-5-9-13-26/h4-15,20-21H,16-19,22-24H2,1-3H3. The molecule has 0 atom stereocenters. The number of carbonyl (C=O) groups is 2. The summed E-state index contributed by atoms with van der Waals surface area (Å²) in [6.45, 7) is -0.806. The number of carbonyl (C=O) groups excluding carboxylic acids is 2. The molecule has 0 bridgehead atoms. The molecule has 4 rings (SSSR count). The molecule has 0 radical (unpaired) electrons. The predicted octanol–water partition coefficient (Wildman–Crippen LogP) is 5.36. The van der Waals surface area contributed by atoms with Gasteiger partial charge >= 0.3 is 19.8 Å². The van der Waals surface area contributed by atoms with E-state index in [1.807, 2.05) is 50.6 Å². The number of fused-ring (bicyclic) bond motifs is 1. The minimum absolute atomic E-state index is 0.00184. The van der Waals surface area contributed by atoms with E-state index in [1.165, 1.54) is 0 Å². The first-order valence-electron chi connectivity index (χ1n) is 14.0. The first kappa shape index (κ1) is 32.9. The van der Waals surface area contributed by atoms with Crippen molar-refractivity contribution < 1.29 is 41.9 Å². The van der Waals surface area contributed by atoms with Crippen molar-refractivity contribution in [3.05, 3.63) is 102 Å². The van der Waals surface area contributed by atoms with Crippen LogP contribution in [0.25, 0.3) is 10.9 Å². The fraction of sp³-hybridized carbons (Fsp3) is 0.312. The largest absolute Gasteiger partial charge is 0.497 e. The molecule has 0 fully saturated rings. The number of likely N-dealkylation sites (N-methyl/N-ethyl adjacent to an activating group) is 1. The van der Waals surface area contributed by atoms with Gasteiger partial charge in [0, 0.05) is 18.1 Å². The van der Waals surface area contributed by atoms with Gasteiger partial charge in [-0.2, -0.15) is 0 Å². The number of hydrogen-bond donors (Lipinski definition) is 0. The van der Waals surface area contributed by atoms with Crippen LogP contribution < -0.4 is 4.74 Å². The first-order valence-corrected chi connectivity index (χ1v) is 15.4. The van der Waals surface area contributed by atoms with Crippen LogP contribution in [0.3, 0.4) is 0 Å². The molecule has 0 unspecified atom stereocenters. The summed E-state index contributed by atoms with van der Waals surface area (Å²) in [5.74, 6) is -0.477. The molecule has 0 spiro atoms. The number of methoxy groups -OCH3 is 1. The van der Waals surface area contributed by atoms with Crippen LogP contribution in [0, 0.1) is 0 Å². The normalized spacial score (nSPS) is 11.5. The second-order valence-electron chi connectivity index (χ2n) is 10.1. The van der Waals surface area contributed by atoms with Crippen LogP contribution in [0.15, 0.2) is 85.1 Å². The molecule has 0 aliphatic rings. The lowest BCUT2D eigenvalue weighted by molar-refractivity contribution is -0.153. The maximum absolute atomic E-state index is 13.6. The Hall–Kier alpha value is -3.99. The van der Waals surface area contributed by atoms with Crippen molar-refractivity contribution in [1.82, 2.24) is 9.47 Å². The van der Waals surface area contributed by atoms with E-state index in [2.05, 4.69) is 4.90 Å². The molecule has 0 aliphatic heterocycles. The fourth-order valence-electron chi connectivity index (χ4n) is 4.31. The second-order valence-corrected chi connectivity index (χ2v) is 11.8. The average molecular weight is 625 g/mol. The third-order valence-corrected chi connectivity index (χ3v) is 7.87. The Morgan fingerprint density at radius 2 is 1.36 bits per heavy atom.